The molecule has 0 atom stereocenters. The molecule has 1 fully saturated rings. The Morgan fingerprint density at radius 2 is 2.28 bits per heavy atom. The molecule has 0 unspecified atom stereocenters. The van der Waals surface area contributed by atoms with Crippen molar-refractivity contribution in [2.24, 2.45) is 0 Å². The van der Waals surface area contributed by atoms with Crippen LogP contribution in [-0.4, -0.2) is 16.2 Å². The van der Waals surface area contributed by atoms with Gasteiger partial charge in [-0.05, 0) is 43.5 Å². The first-order valence-electron chi connectivity index (χ1n) is 6.05. The number of nitrogens with zero attached hydrogens (tertiary/aromatic N) is 2. The van der Waals surface area contributed by atoms with E-state index in [0.717, 1.165) is 11.1 Å². The van der Waals surface area contributed by atoms with Crippen LogP contribution in [-0.2, 0) is 6.54 Å². The van der Waals surface area contributed by atoms with Crippen LogP contribution >= 0.6 is 0 Å². The van der Waals surface area contributed by atoms with E-state index >= 15 is 0 Å². The summed E-state index contributed by atoms with van der Waals surface area (Å²) < 4.78 is 18.2. The molecule has 4 nitrogen and oxygen atoms in total. The first-order valence-corrected chi connectivity index (χ1v) is 6.05. The summed E-state index contributed by atoms with van der Waals surface area (Å²) in [6.45, 7) is 2.44. The fraction of sp³-hybridized carbons (Fsp3) is 0.385. The van der Waals surface area contributed by atoms with Gasteiger partial charge in [0, 0.05) is 11.6 Å². The molecule has 94 valence electrons. The third-order valence-corrected chi connectivity index (χ3v) is 3.01. The molecule has 1 heterocycles. The van der Waals surface area contributed by atoms with Gasteiger partial charge in [-0.2, -0.15) is 4.98 Å². The summed E-state index contributed by atoms with van der Waals surface area (Å²) in [7, 11) is 0. The Morgan fingerprint density at radius 1 is 1.44 bits per heavy atom. The molecule has 0 aliphatic heterocycles. The van der Waals surface area contributed by atoms with E-state index in [1.165, 1.54) is 25.0 Å². The number of aromatic nitrogens is 2. The Morgan fingerprint density at radius 3 is 3.00 bits per heavy atom. The van der Waals surface area contributed by atoms with E-state index in [0.29, 0.717) is 24.3 Å². The highest BCUT2D eigenvalue weighted by molar-refractivity contribution is 5.57. The maximum atomic E-state index is 13.0. The van der Waals surface area contributed by atoms with Crippen LogP contribution in [0.3, 0.4) is 0 Å². The Kier molecular flexibility index (Phi) is 2.83. The van der Waals surface area contributed by atoms with Crippen LogP contribution in [0.4, 0.5) is 4.39 Å². The molecule has 1 N–H and O–H groups in total. The molecule has 3 rings (SSSR count). The molecule has 5 heteroatoms. The zero-order valence-corrected chi connectivity index (χ0v) is 10.1. The van der Waals surface area contributed by atoms with Gasteiger partial charge in [-0.1, -0.05) is 5.16 Å². The van der Waals surface area contributed by atoms with Gasteiger partial charge < -0.3 is 9.84 Å². The van der Waals surface area contributed by atoms with E-state index in [1.807, 2.05) is 6.92 Å². The Labute approximate surface area is 104 Å². The molecule has 0 amide bonds. The number of halogens is 1. The van der Waals surface area contributed by atoms with Crippen molar-refractivity contribution < 1.29 is 8.91 Å². The lowest BCUT2D eigenvalue weighted by atomic mass is 10.1. The minimum atomic E-state index is -0.258. The number of benzene rings is 1. The van der Waals surface area contributed by atoms with Crippen molar-refractivity contribution in [2.45, 2.75) is 32.4 Å². The number of rotatable bonds is 4. The SMILES string of the molecule is Cc1cc(F)ccc1-c1nc(CNC2CC2)no1. The second kappa shape index (κ2) is 4.49. The van der Waals surface area contributed by atoms with Crippen molar-refractivity contribution in [2.75, 3.05) is 0 Å². The quantitative estimate of drug-likeness (QED) is 0.901. The zero-order valence-electron chi connectivity index (χ0n) is 10.1. The van der Waals surface area contributed by atoms with Gasteiger partial charge in [-0.25, -0.2) is 4.39 Å². The van der Waals surface area contributed by atoms with E-state index in [2.05, 4.69) is 15.5 Å². The highest BCUT2D eigenvalue weighted by atomic mass is 19.1. The molecule has 1 aromatic heterocycles. The van der Waals surface area contributed by atoms with Crippen LogP contribution < -0.4 is 5.32 Å². The number of nitrogens with one attached hydrogen (secondary N) is 1. The summed E-state index contributed by atoms with van der Waals surface area (Å²) in [5.74, 6) is 0.826. The van der Waals surface area contributed by atoms with Crippen LogP contribution in [0, 0.1) is 12.7 Å². The summed E-state index contributed by atoms with van der Waals surface area (Å²) in [4.78, 5) is 4.31. The molecule has 1 aliphatic rings. The third-order valence-electron chi connectivity index (χ3n) is 3.01. The van der Waals surface area contributed by atoms with Gasteiger partial charge in [-0.3, -0.25) is 0 Å². The van der Waals surface area contributed by atoms with E-state index in [9.17, 15) is 4.39 Å². The molecular weight excluding hydrogens is 233 g/mol. The van der Waals surface area contributed by atoms with Crippen molar-refractivity contribution in [1.29, 1.82) is 0 Å². The smallest absolute Gasteiger partial charge is 0.258 e. The van der Waals surface area contributed by atoms with Crippen molar-refractivity contribution in [3.8, 4) is 11.5 Å². The van der Waals surface area contributed by atoms with Gasteiger partial charge in [0.1, 0.15) is 5.82 Å². The Hall–Kier alpha value is -1.75. The molecule has 1 aromatic carbocycles. The summed E-state index contributed by atoms with van der Waals surface area (Å²) in [5.41, 5.74) is 1.57. The van der Waals surface area contributed by atoms with Gasteiger partial charge in [0.05, 0.1) is 6.54 Å². The van der Waals surface area contributed by atoms with E-state index in [-0.39, 0.29) is 5.82 Å². The van der Waals surface area contributed by atoms with Gasteiger partial charge in [0.15, 0.2) is 5.82 Å². The second-order valence-corrected chi connectivity index (χ2v) is 4.63. The van der Waals surface area contributed by atoms with Crippen LogP contribution in [0.25, 0.3) is 11.5 Å². The molecule has 18 heavy (non-hydrogen) atoms. The molecule has 0 radical (unpaired) electrons. The van der Waals surface area contributed by atoms with Crippen molar-refractivity contribution >= 4 is 0 Å². The fourth-order valence-corrected chi connectivity index (χ4v) is 1.83. The van der Waals surface area contributed by atoms with Crippen molar-refractivity contribution in [1.82, 2.24) is 15.5 Å². The van der Waals surface area contributed by atoms with Crippen molar-refractivity contribution in [3.05, 3.63) is 35.4 Å². The summed E-state index contributed by atoms with van der Waals surface area (Å²) in [5, 5.41) is 7.23. The zero-order chi connectivity index (χ0) is 12.5. The fourth-order valence-electron chi connectivity index (χ4n) is 1.83. The predicted molar refractivity (Wildman–Crippen MR) is 64.3 cm³/mol. The maximum absolute atomic E-state index is 13.0. The molecule has 2 aromatic rings. The van der Waals surface area contributed by atoms with E-state index in [4.69, 9.17) is 4.52 Å². The number of aryl methyl sites for hydroxylation is 1. The molecule has 0 bridgehead atoms. The van der Waals surface area contributed by atoms with Crippen LogP contribution in [0.1, 0.15) is 24.2 Å². The topological polar surface area (TPSA) is 51.0 Å². The predicted octanol–water partition coefficient (Wildman–Crippen LogP) is 2.44. The summed E-state index contributed by atoms with van der Waals surface area (Å²) in [6, 6.07) is 5.13. The highest BCUT2D eigenvalue weighted by Crippen LogP contribution is 2.23. The average molecular weight is 247 g/mol. The maximum Gasteiger partial charge on any atom is 0.258 e. The van der Waals surface area contributed by atoms with Gasteiger partial charge in [-0.15, -0.1) is 0 Å². The summed E-state index contributed by atoms with van der Waals surface area (Å²) >= 11 is 0. The lowest BCUT2D eigenvalue weighted by Gasteiger charge is -1.99. The number of hydrogen-bond donors (Lipinski definition) is 1. The minimum Gasteiger partial charge on any atom is -0.334 e. The molecule has 1 aliphatic carbocycles. The Bertz CT molecular complexity index is 563. The molecular formula is C13H14FN3O. The van der Waals surface area contributed by atoms with Crippen LogP contribution in [0.5, 0.6) is 0 Å². The normalized spacial score (nSPS) is 15.0. The molecule has 1 saturated carbocycles. The molecule has 0 saturated heterocycles. The number of hydrogen-bond acceptors (Lipinski definition) is 4. The third kappa shape index (κ3) is 2.41. The largest absolute Gasteiger partial charge is 0.334 e. The van der Waals surface area contributed by atoms with Crippen molar-refractivity contribution in [3.63, 3.8) is 0 Å². The molecule has 0 spiro atoms. The van der Waals surface area contributed by atoms with E-state index in [1.54, 1.807) is 6.07 Å². The van der Waals surface area contributed by atoms with Gasteiger partial charge in [0.25, 0.3) is 5.89 Å². The first-order chi connectivity index (χ1) is 8.72. The van der Waals surface area contributed by atoms with Crippen LogP contribution in [0.15, 0.2) is 22.7 Å². The lowest BCUT2D eigenvalue weighted by Crippen LogP contribution is -2.16. The van der Waals surface area contributed by atoms with Gasteiger partial charge >= 0.3 is 0 Å². The minimum absolute atomic E-state index is 0.258. The monoisotopic (exact) mass is 247 g/mol. The second-order valence-electron chi connectivity index (χ2n) is 4.63. The summed E-state index contributed by atoms with van der Waals surface area (Å²) in [6.07, 6.45) is 2.45. The standard InChI is InChI=1S/C13H14FN3O/c1-8-6-9(14)2-5-11(8)13-16-12(17-18-13)7-15-10-3-4-10/h2,5-6,10,15H,3-4,7H2,1H3. The average Bonchev–Trinajstić information content (AvgIpc) is 3.05. The lowest BCUT2D eigenvalue weighted by molar-refractivity contribution is 0.419. The van der Waals surface area contributed by atoms with Gasteiger partial charge in [0.2, 0.25) is 0 Å². The highest BCUT2D eigenvalue weighted by Gasteiger charge is 2.21. The Balaban J connectivity index is 1.78. The van der Waals surface area contributed by atoms with E-state index < -0.39 is 0 Å². The van der Waals surface area contributed by atoms with Crippen LogP contribution in [0.2, 0.25) is 0 Å². The first kappa shape index (κ1) is 11.3.